The first kappa shape index (κ1) is 6.39. The first-order valence-corrected chi connectivity index (χ1v) is 3.67. The summed E-state index contributed by atoms with van der Waals surface area (Å²) in [4.78, 5) is 10.3. The number of aryl methyl sites for hydroxylation is 1. The summed E-state index contributed by atoms with van der Waals surface area (Å²) < 4.78 is 1.83. The van der Waals surface area contributed by atoms with Crippen molar-refractivity contribution in [3.05, 3.63) is 11.8 Å². The van der Waals surface area contributed by atoms with Crippen LogP contribution in [0.15, 0.2) is 6.07 Å². The monoisotopic (exact) mass is 151 g/mol. The summed E-state index contributed by atoms with van der Waals surface area (Å²) in [5, 5.41) is 7.21. The lowest BCUT2D eigenvalue weighted by Crippen LogP contribution is -2.17. The maximum Gasteiger partial charge on any atom is 0.170 e. The van der Waals surface area contributed by atoms with Crippen LogP contribution in [0, 0.1) is 0 Å². The predicted molar refractivity (Wildman–Crippen MR) is 40.7 cm³/mol. The average molecular weight is 151 g/mol. The van der Waals surface area contributed by atoms with Crippen LogP contribution in [-0.4, -0.2) is 22.6 Å². The molecular weight excluding hydrogens is 142 g/mol. The highest BCUT2D eigenvalue weighted by molar-refractivity contribution is 5.73. The molecule has 0 atom stereocenters. The molecule has 1 N–H and O–H groups in total. The van der Waals surface area contributed by atoms with Gasteiger partial charge in [-0.15, -0.1) is 0 Å². The van der Waals surface area contributed by atoms with Gasteiger partial charge in [-0.3, -0.25) is 4.79 Å². The molecule has 0 spiro atoms. The molecular formula is C7H9N3O. The third-order valence-corrected chi connectivity index (χ3v) is 1.77. The standard InChI is InChI=1S/C7H9N3O/c11-5-6-4-7-8-2-1-3-10(7)9-6/h4-5,8H,1-3H2. The highest BCUT2D eigenvalue weighted by Gasteiger charge is 2.09. The zero-order valence-electron chi connectivity index (χ0n) is 6.08. The minimum absolute atomic E-state index is 0.509. The van der Waals surface area contributed by atoms with Gasteiger partial charge in [0.25, 0.3) is 0 Å². The number of nitrogens with one attached hydrogen (secondary N) is 1. The number of nitrogens with zero attached hydrogens (tertiary/aromatic N) is 2. The molecule has 1 aromatic heterocycles. The smallest absolute Gasteiger partial charge is 0.170 e. The Morgan fingerprint density at radius 1 is 1.73 bits per heavy atom. The summed E-state index contributed by atoms with van der Waals surface area (Å²) in [5.41, 5.74) is 0.509. The molecule has 0 saturated heterocycles. The largest absolute Gasteiger partial charge is 0.370 e. The van der Waals surface area contributed by atoms with Crippen LogP contribution >= 0.6 is 0 Å². The van der Waals surface area contributed by atoms with Crippen molar-refractivity contribution in [2.24, 2.45) is 0 Å². The lowest BCUT2D eigenvalue weighted by molar-refractivity contribution is 0.111. The Balaban J connectivity index is 2.39. The number of hydrogen-bond donors (Lipinski definition) is 1. The molecule has 0 amide bonds. The van der Waals surface area contributed by atoms with E-state index in [1.807, 2.05) is 4.68 Å². The van der Waals surface area contributed by atoms with Crippen LogP contribution in [0.1, 0.15) is 16.9 Å². The van der Waals surface area contributed by atoms with Crippen LogP contribution in [0.3, 0.4) is 0 Å². The Labute approximate surface area is 64.2 Å². The number of fused-ring (bicyclic) bond motifs is 1. The molecule has 1 aliphatic rings. The van der Waals surface area contributed by atoms with E-state index in [0.717, 1.165) is 31.6 Å². The van der Waals surface area contributed by atoms with Gasteiger partial charge in [-0.2, -0.15) is 5.10 Å². The van der Waals surface area contributed by atoms with E-state index in [-0.39, 0.29) is 0 Å². The lowest BCUT2D eigenvalue weighted by atomic mass is 10.3. The molecule has 1 aliphatic heterocycles. The van der Waals surface area contributed by atoms with Crippen molar-refractivity contribution in [1.82, 2.24) is 9.78 Å². The average Bonchev–Trinajstić information content (AvgIpc) is 2.46. The van der Waals surface area contributed by atoms with Crippen molar-refractivity contribution < 1.29 is 4.79 Å². The summed E-state index contributed by atoms with van der Waals surface area (Å²) in [6, 6.07) is 1.77. The van der Waals surface area contributed by atoms with Crippen LogP contribution in [-0.2, 0) is 6.54 Å². The van der Waals surface area contributed by atoms with Gasteiger partial charge in [-0.05, 0) is 6.42 Å². The number of aldehydes is 1. The van der Waals surface area contributed by atoms with Gasteiger partial charge in [0.2, 0.25) is 0 Å². The minimum Gasteiger partial charge on any atom is -0.370 e. The Kier molecular flexibility index (Phi) is 1.38. The fourth-order valence-corrected chi connectivity index (χ4v) is 1.25. The topological polar surface area (TPSA) is 46.9 Å². The quantitative estimate of drug-likeness (QED) is 0.595. The zero-order valence-corrected chi connectivity index (χ0v) is 6.08. The highest BCUT2D eigenvalue weighted by Crippen LogP contribution is 2.13. The third kappa shape index (κ3) is 1.00. The fraction of sp³-hybridized carbons (Fsp3) is 0.429. The molecule has 1 aromatic rings. The molecule has 0 aromatic carbocycles. The van der Waals surface area contributed by atoms with E-state index in [0.29, 0.717) is 5.69 Å². The molecule has 0 unspecified atom stereocenters. The Bertz CT molecular complexity index is 256. The Hall–Kier alpha value is -1.32. The van der Waals surface area contributed by atoms with Crippen LogP contribution in [0.2, 0.25) is 0 Å². The number of aromatic nitrogens is 2. The summed E-state index contributed by atoms with van der Waals surface area (Å²) in [6.07, 6.45) is 1.85. The van der Waals surface area contributed by atoms with Crippen molar-refractivity contribution in [1.29, 1.82) is 0 Å². The van der Waals surface area contributed by atoms with Crippen molar-refractivity contribution in [3.63, 3.8) is 0 Å². The Morgan fingerprint density at radius 2 is 2.64 bits per heavy atom. The van der Waals surface area contributed by atoms with Crippen LogP contribution in [0.25, 0.3) is 0 Å². The van der Waals surface area contributed by atoms with Gasteiger partial charge in [0.1, 0.15) is 11.5 Å². The van der Waals surface area contributed by atoms with E-state index in [9.17, 15) is 4.79 Å². The number of hydrogen-bond acceptors (Lipinski definition) is 3. The number of carbonyl (C=O) groups excluding carboxylic acids is 1. The van der Waals surface area contributed by atoms with E-state index >= 15 is 0 Å². The van der Waals surface area contributed by atoms with Gasteiger partial charge in [-0.1, -0.05) is 0 Å². The normalized spacial score (nSPS) is 15.3. The first-order valence-electron chi connectivity index (χ1n) is 3.67. The summed E-state index contributed by atoms with van der Waals surface area (Å²) >= 11 is 0. The van der Waals surface area contributed by atoms with Gasteiger partial charge >= 0.3 is 0 Å². The summed E-state index contributed by atoms with van der Waals surface area (Å²) in [7, 11) is 0. The van der Waals surface area contributed by atoms with Crippen molar-refractivity contribution in [3.8, 4) is 0 Å². The molecule has 11 heavy (non-hydrogen) atoms. The second kappa shape index (κ2) is 2.38. The first-order chi connectivity index (χ1) is 5.40. The molecule has 0 bridgehead atoms. The second-order valence-electron chi connectivity index (χ2n) is 2.58. The van der Waals surface area contributed by atoms with Gasteiger partial charge in [0.15, 0.2) is 6.29 Å². The van der Waals surface area contributed by atoms with E-state index in [1.54, 1.807) is 6.07 Å². The summed E-state index contributed by atoms with van der Waals surface area (Å²) in [6.45, 7) is 1.89. The molecule has 58 valence electrons. The number of carbonyl (C=O) groups is 1. The molecule has 4 nitrogen and oxygen atoms in total. The fourth-order valence-electron chi connectivity index (χ4n) is 1.25. The maximum absolute atomic E-state index is 10.3. The van der Waals surface area contributed by atoms with Crippen LogP contribution in [0.5, 0.6) is 0 Å². The van der Waals surface area contributed by atoms with Gasteiger partial charge in [0, 0.05) is 19.2 Å². The Morgan fingerprint density at radius 3 is 3.36 bits per heavy atom. The number of rotatable bonds is 1. The van der Waals surface area contributed by atoms with Gasteiger partial charge < -0.3 is 5.32 Å². The van der Waals surface area contributed by atoms with E-state index in [4.69, 9.17) is 0 Å². The SMILES string of the molecule is O=Cc1cc2n(n1)CCCN2. The molecule has 0 aliphatic carbocycles. The van der Waals surface area contributed by atoms with Crippen molar-refractivity contribution >= 4 is 12.1 Å². The van der Waals surface area contributed by atoms with E-state index < -0.39 is 0 Å². The predicted octanol–water partition coefficient (Wildman–Crippen LogP) is 0.511. The second-order valence-corrected chi connectivity index (χ2v) is 2.58. The molecule has 4 heteroatoms. The van der Waals surface area contributed by atoms with Crippen molar-refractivity contribution in [2.45, 2.75) is 13.0 Å². The minimum atomic E-state index is 0.509. The molecule has 0 fully saturated rings. The van der Waals surface area contributed by atoms with Crippen LogP contribution in [0.4, 0.5) is 5.82 Å². The zero-order chi connectivity index (χ0) is 7.68. The molecule has 2 heterocycles. The number of anilines is 1. The van der Waals surface area contributed by atoms with E-state index in [1.165, 1.54) is 0 Å². The molecule has 2 rings (SSSR count). The van der Waals surface area contributed by atoms with Crippen LogP contribution < -0.4 is 5.32 Å². The van der Waals surface area contributed by atoms with E-state index in [2.05, 4.69) is 10.4 Å². The third-order valence-electron chi connectivity index (χ3n) is 1.77. The maximum atomic E-state index is 10.3. The van der Waals surface area contributed by atoms with Crippen molar-refractivity contribution in [2.75, 3.05) is 11.9 Å². The summed E-state index contributed by atoms with van der Waals surface area (Å²) in [5.74, 6) is 0.957. The molecule has 0 saturated carbocycles. The molecule has 0 radical (unpaired) electrons. The van der Waals surface area contributed by atoms with Gasteiger partial charge in [0.05, 0.1) is 0 Å². The highest BCUT2D eigenvalue weighted by atomic mass is 16.1. The lowest BCUT2D eigenvalue weighted by Gasteiger charge is -2.14. The van der Waals surface area contributed by atoms with Gasteiger partial charge in [-0.25, -0.2) is 4.68 Å².